The van der Waals surface area contributed by atoms with Crippen molar-refractivity contribution < 1.29 is 0 Å². The summed E-state index contributed by atoms with van der Waals surface area (Å²) >= 11 is 0. The SMILES string of the molecule is Bc1c(B)c(B)c(C2=C/C[C@](C)(CC)c3ccc4ccccc4c3C(=N)/C=C\2C)c(B)c1B. The molecule has 0 amide bonds. The van der Waals surface area contributed by atoms with Crippen LogP contribution in [0.2, 0.25) is 0 Å². The Balaban J connectivity index is 2.04. The highest BCUT2D eigenvalue weighted by Gasteiger charge is 2.30. The Morgan fingerprint density at radius 2 is 1.45 bits per heavy atom. The van der Waals surface area contributed by atoms with Crippen molar-refractivity contribution in [3.05, 3.63) is 70.8 Å². The average molecular weight is 425 g/mol. The van der Waals surface area contributed by atoms with Gasteiger partial charge in [0.2, 0.25) is 0 Å². The first-order valence-corrected chi connectivity index (χ1v) is 12.2. The Morgan fingerprint density at radius 1 is 0.848 bits per heavy atom. The van der Waals surface area contributed by atoms with Crippen LogP contribution < -0.4 is 27.3 Å². The maximum absolute atomic E-state index is 9.24. The van der Waals surface area contributed by atoms with Crippen molar-refractivity contribution in [2.24, 2.45) is 0 Å². The molecule has 6 heteroatoms. The van der Waals surface area contributed by atoms with E-state index in [1.807, 2.05) is 0 Å². The summed E-state index contributed by atoms with van der Waals surface area (Å²) in [5.41, 5.74) is 13.7. The zero-order valence-corrected chi connectivity index (χ0v) is 21.5. The molecule has 0 radical (unpaired) electrons. The number of hydrogen-bond acceptors (Lipinski definition) is 1. The van der Waals surface area contributed by atoms with Gasteiger partial charge in [0.1, 0.15) is 39.2 Å². The summed E-state index contributed by atoms with van der Waals surface area (Å²) < 4.78 is 0. The van der Waals surface area contributed by atoms with Crippen LogP contribution in [0.4, 0.5) is 0 Å². The molecule has 3 aromatic rings. The third-order valence-corrected chi connectivity index (χ3v) is 8.44. The van der Waals surface area contributed by atoms with Gasteiger partial charge in [-0.25, -0.2) is 0 Å². The second-order valence-corrected chi connectivity index (χ2v) is 10.2. The Morgan fingerprint density at radius 3 is 2.09 bits per heavy atom. The molecule has 3 aromatic carbocycles. The van der Waals surface area contributed by atoms with Gasteiger partial charge in [0.15, 0.2) is 0 Å². The minimum atomic E-state index is -0.0357. The van der Waals surface area contributed by atoms with Gasteiger partial charge >= 0.3 is 0 Å². The normalized spacial score (nSPS) is 21.8. The lowest BCUT2D eigenvalue weighted by atomic mass is 9.59. The second kappa shape index (κ2) is 8.63. The molecule has 0 aromatic heterocycles. The predicted molar refractivity (Wildman–Crippen MR) is 162 cm³/mol. The van der Waals surface area contributed by atoms with Gasteiger partial charge in [-0.3, -0.25) is 0 Å². The Hall–Kier alpha value is -2.61. The van der Waals surface area contributed by atoms with Crippen LogP contribution in [0.1, 0.15) is 50.3 Å². The predicted octanol–water partition coefficient (Wildman–Crippen LogP) is -1.40. The summed E-state index contributed by atoms with van der Waals surface area (Å²) in [5.74, 6) is 0. The van der Waals surface area contributed by atoms with Crippen LogP contribution in [0.25, 0.3) is 16.3 Å². The van der Waals surface area contributed by atoms with Crippen molar-refractivity contribution in [3.8, 4) is 0 Å². The molecular weight excluding hydrogens is 392 g/mol. The number of fused-ring (bicyclic) bond motifs is 3. The van der Waals surface area contributed by atoms with Crippen molar-refractivity contribution in [1.29, 1.82) is 5.41 Å². The van der Waals surface area contributed by atoms with Crippen LogP contribution in [0.5, 0.6) is 0 Å². The zero-order chi connectivity index (χ0) is 24.1. The first-order chi connectivity index (χ1) is 15.6. The summed E-state index contributed by atoms with van der Waals surface area (Å²) in [6.45, 7) is 6.84. The van der Waals surface area contributed by atoms with Gasteiger partial charge in [0.05, 0.1) is 5.71 Å². The largest absolute Gasteiger partial charge is 0.300 e. The number of allylic oxidation sites excluding steroid dienone is 4. The van der Waals surface area contributed by atoms with Crippen molar-refractivity contribution in [1.82, 2.24) is 0 Å². The standard InChI is InChI=1S/C27H32B5N/c1-4-27(3)12-11-16(21-22(28)24(30)26(32)25(31)23(21)29)14(2)13-19(33)20-17-8-6-5-7-15(17)9-10-18(20)27/h5-11,13,33H,4,12,28-32H2,1-3H3/b14-13-,16-11+,33-19?/t27-/m0/s1. The molecule has 160 valence electrons. The zero-order valence-electron chi connectivity index (χ0n) is 21.5. The Labute approximate surface area is 203 Å². The van der Waals surface area contributed by atoms with Gasteiger partial charge in [-0.15, -0.1) is 16.4 Å². The highest BCUT2D eigenvalue weighted by atomic mass is 14.4. The lowest BCUT2D eigenvalue weighted by Gasteiger charge is -2.31. The van der Waals surface area contributed by atoms with Gasteiger partial charge in [-0.05, 0) is 64.3 Å². The topological polar surface area (TPSA) is 23.9 Å². The molecule has 1 aliphatic carbocycles. The fourth-order valence-electron chi connectivity index (χ4n) is 5.57. The summed E-state index contributed by atoms with van der Waals surface area (Å²) in [5, 5.41) is 11.6. The summed E-state index contributed by atoms with van der Waals surface area (Å²) in [6, 6.07) is 13.0. The Kier molecular flexibility index (Phi) is 6.16. The molecule has 0 aliphatic heterocycles. The molecule has 0 unspecified atom stereocenters. The molecule has 0 saturated carbocycles. The molecule has 0 spiro atoms. The molecule has 1 N–H and O–H groups in total. The van der Waals surface area contributed by atoms with Crippen LogP contribution >= 0.6 is 0 Å². The molecule has 4 rings (SSSR count). The summed E-state index contributed by atoms with van der Waals surface area (Å²) in [6.07, 6.45) is 6.53. The number of rotatable bonds is 2. The van der Waals surface area contributed by atoms with E-state index >= 15 is 0 Å². The van der Waals surface area contributed by atoms with Gasteiger partial charge in [-0.2, -0.15) is 0 Å². The van der Waals surface area contributed by atoms with Gasteiger partial charge in [0, 0.05) is 5.56 Å². The quantitative estimate of drug-likeness (QED) is 0.490. The van der Waals surface area contributed by atoms with E-state index < -0.39 is 0 Å². The first kappa shape index (κ1) is 23.5. The number of nitrogens with one attached hydrogen (secondary N) is 1. The summed E-state index contributed by atoms with van der Waals surface area (Å²) in [7, 11) is 11.3. The van der Waals surface area contributed by atoms with Crippen molar-refractivity contribution in [3.63, 3.8) is 0 Å². The van der Waals surface area contributed by atoms with E-state index in [1.54, 1.807) is 0 Å². The molecule has 0 heterocycles. The van der Waals surface area contributed by atoms with E-state index in [0.717, 1.165) is 18.4 Å². The molecular formula is C27H32B5N. The third kappa shape index (κ3) is 3.78. The smallest absolute Gasteiger partial charge is 0.139 e. The van der Waals surface area contributed by atoms with Crippen molar-refractivity contribution in [2.75, 3.05) is 0 Å². The molecule has 0 fully saturated rings. The second-order valence-electron chi connectivity index (χ2n) is 10.2. The lowest BCUT2D eigenvalue weighted by Crippen LogP contribution is -2.56. The van der Waals surface area contributed by atoms with E-state index in [1.165, 1.54) is 60.4 Å². The minimum absolute atomic E-state index is 0.0357. The van der Waals surface area contributed by atoms with E-state index in [-0.39, 0.29) is 5.41 Å². The molecule has 0 bridgehead atoms. The molecule has 0 saturated heterocycles. The van der Waals surface area contributed by atoms with Crippen LogP contribution in [-0.4, -0.2) is 44.9 Å². The monoisotopic (exact) mass is 425 g/mol. The fraction of sp³-hybridized carbons (Fsp3) is 0.222. The molecule has 33 heavy (non-hydrogen) atoms. The first-order valence-electron chi connectivity index (χ1n) is 12.2. The van der Waals surface area contributed by atoms with Crippen LogP contribution in [-0.2, 0) is 5.41 Å². The highest BCUT2D eigenvalue weighted by Crippen LogP contribution is 2.40. The minimum Gasteiger partial charge on any atom is -0.300 e. The van der Waals surface area contributed by atoms with Crippen LogP contribution in [0.3, 0.4) is 0 Å². The number of benzene rings is 3. The van der Waals surface area contributed by atoms with E-state index in [2.05, 4.69) is 109 Å². The summed E-state index contributed by atoms with van der Waals surface area (Å²) in [4.78, 5) is 0. The number of hydrogen-bond donors (Lipinski definition) is 1. The van der Waals surface area contributed by atoms with Crippen LogP contribution in [0.15, 0.2) is 54.1 Å². The highest BCUT2D eigenvalue weighted by molar-refractivity contribution is 6.68. The van der Waals surface area contributed by atoms with Crippen LogP contribution in [0, 0.1) is 5.41 Å². The van der Waals surface area contributed by atoms with Gasteiger partial charge in [0.25, 0.3) is 0 Å². The molecule has 1 aliphatic rings. The lowest BCUT2D eigenvalue weighted by molar-refractivity contribution is 0.461. The average Bonchev–Trinajstić information content (AvgIpc) is 2.85. The molecule has 1 nitrogen and oxygen atoms in total. The van der Waals surface area contributed by atoms with Gasteiger partial charge in [-0.1, -0.05) is 67.2 Å². The van der Waals surface area contributed by atoms with Crippen molar-refractivity contribution >= 4 is 88.6 Å². The third-order valence-electron chi connectivity index (χ3n) is 8.44. The van der Waals surface area contributed by atoms with E-state index in [9.17, 15) is 5.41 Å². The Bertz CT molecular complexity index is 1340. The maximum atomic E-state index is 9.24. The van der Waals surface area contributed by atoms with E-state index in [0.29, 0.717) is 5.71 Å². The molecule has 1 atom stereocenters. The fourth-order valence-corrected chi connectivity index (χ4v) is 5.57. The maximum Gasteiger partial charge on any atom is 0.139 e. The van der Waals surface area contributed by atoms with Crippen molar-refractivity contribution in [2.45, 2.75) is 39.0 Å². The van der Waals surface area contributed by atoms with E-state index in [4.69, 9.17) is 0 Å². The van der Waals surface area contributed by atoms with Gasteiger partial charge < -0.3 is 5.41 Å².